The van der Waals surface area contributed by atoms with Crippen LogP contribution in [-0.2, 0) is 0 Å². The predicted molar refractivity (Wildman–Crippen MR) is 218 cm³/mol. The van der Waals surface area contributed by atoms with E-state index in [0.29, 0.717) is 21.7 Å². The molecule has 0 radical (unpaired) electrons. The molecule has 0 saturated heterocycles. The van der Waals surface area contributed by atoms with E-state index in [-0.39, 0.29) is 11.8 Å². The van der Waals surface area contributed by atoms with Gasteiger partial charge < -0.3 is 5.32 Å². The number of hydrogen-bond donors (Lipinski definition) is 1. The second-order valence-electron chi connectivity index (χ2n) is 13.6. The van der Waals surface area contributed by atoms with E-state index in [2.05, 4.69) is 125 Å². The van der Waals surface area contributed by atoms with Gasteiger partial charge in [-0.15, -0.1) is 10.2 Å². The zero-order valence-electron chi connectivity index (χ0n) is 30.0. The van der Waals surface area contributed by atoms with Crippen LogP contribution in [0, 0.1) is 27.7 Å². The maximum atomic E-state index is 6.25. The van der Waals surface area contributed by atoms with Crippen molar-refractivity contribution in [3.8, 4) is 0 Å². The summed E-state index contributed by atoms with van der Waals surface area (Å²) in [5.41, 5.74) is 11.3. The van der Waals surface area contributed by atoms with Gasteiger partial charge in [-0.25, -0.2) is 15.0 Å². The third-order valence-electron chi connectivity index (χ3n) is 8.92. The summed E-state index contributed by atoms with van der Waals surface area (Å²) in [6.07, 6.45) is 0. The first-order valence-electron chi connectivity index (χ1n) is 17.1. The van der Waals surface area contributed by atoms with Gasteiger partial charge >= 0.3 is 0 Å². The number of para-hydroxylation sites is 2. The number of hydrogen-bond acceptors (Lipinski definition) is 9. The molecule has 0 atom stereocenters. The Hall–Kier alpha value is -4.70. The lowest BCUT2D eigenvalue weighted by molar-refractivity contribution is 0.838. The van der Waals surface area contributed by atoms with E-state index in [4.69, 9.17) is 31.7 Å². The van der Waals surface area contributed by atoms with Gasteiger partial charge in [0.05, 0.1) is 26.1 Å². The normalized spacial score (nSPS) is 11.9. The number of fused-ring (bicyclic) bond motifs is 2. The van der Waals surface area contributed by atoms with Crippen LogP contribution in [-0.4, -0.2) is 15.0 Å². The molecular formula is C41H40ClN7S2. The fourth-order valence-corrected chi connectivity index (χ4v) is 8.52. The number of halogens is 1. The van der Waals surface area contributed by atoms with Crippen LogP contribution in [0.25, 0.3) is 20.4 Å². The van der Waals surface area contributed by atoms with Crippen LogP contribution >= 0.6 is 34.3 Å². The molecule has 10 heteroatoms. The molecule has 258 valence electrons. The van der Waals surface area contributed by atoms with Crippen molar-refractivity contribution >= 4 is 93.7 Å². The van der Waals surface area contributed by atoms with Crippen molar-refractivity contribution in [3.05, 3.63) is 117 Å². The molecule has 3 heterocycles. The minimum Gasteiger partial charge on any atom is -0.338 e. The number of aryl methyl sites for hydroxylation is 4. The van der Waals surface area contributed by atoms with Crippen LogP contribution in [0.15, 0.2) is 89.1 Å². The Morgan fingerprint density at radius 1 is 0.686 bits per heavy atom. The number of aromatic nitrogens is 3. The first-order chi connectivity index (χ1) is 24.5. The summed E-state index contributed by atoms with van der Waals surface area (Å²) >= 11 is 9.39. The third-order valence-corrected chi connectivity index (χ3v) is 11.1. The third kappa shape index (κ3) is 6.98. The van der Waals surface area contributed by atoms with Crippen molar-refractivity contribution in [1.82, 2.24) is 15.0 Å². The average molecular weight is 730 g/mol. The highest BCUT2D eigenvalue weighted by Gasteiger charge is 2.25. The highest BCUT2D eigenvalue weighted by molar-refractivity contribution is 7.22. The number of rotatable bonds is 9. The minimum absolute atomic E-state index is 0.284. The van der Waals surface area contributed by atoms with Gasteiger partial charge in [0.1, 0.15) is 11.5 Å². The molecule has 1 N–H and O–H groups in total. The van der Waals surface area contributed by atoms with Crippen molar-refractivity contribution in [2.75, 3.05) is 10.2 Å². The molecule has 0 spiro atoms. The first-order valence-corrected chi connectivity index (χ1v) is 19.1. The molecule has 0 unspecified atom stereocenters. The largest absolute Gasteiger partial charge is 0.338 e. The van der Waals surface area contributed by atoms with Crippen molar-refractivity contribution in [2.24, 2.45) is 10.2 Å². The van der Waals surface area contributed by atoms with Crippen molar-refractivity contribution in [3.63, 3.8) is 0 Å². The van der Waals surface area contributed by atoms with Crippen LogP contribution in [0.2, 0.25) is 5.02 Å². The zero-order chi connectivity index (χ0) is 36.0. The van der Waals surface area contributed by atoms with E-state index in [0.717, 1.165) is 59.4 Å². The maximum Gasteiger partial charge on any atom is 0.231 e. The number of nitrogens with one attached hydrogen (secondary N) is 1. The molecule has 0 aliphatic rings. The van der Waals surface area contributed by atoms with Crippen LogP contribution in [0.5, 0.6) is 0 Å². The van der Waals surface area contributed by atoms with Gasteiger partial charge in [0.25, 0.3) is 0 Å². The first kappa shape index (κ1) is 34.7. The number of thiazole rings is 2. The summed E-state index contributed by atoms with van der Waals surface area (Å²) in [5, 5.41) is 15.4. The lowest BCUT2D eigenvalue weighted by atomic mass is 9.92. The highest BCUT2D eigenvalue weighted by atomic mass is 35.5. The molecular weight excluding hydrogens is 690 g/mol. The molecule has 7 nitrogen and oxygen atoms in total. The van der Waals surface area contributed by atoms with Gasteiger partial charge in [-0.2, -0.15) is 0 Å². The van der Waals surface area contributed by atoms with Gasteiger partial charge in [0, 0.05) is 10.7 Å². The van der Waals surface area contributed by atoms with Crippen LogP contribution in [0.1, 0.15) is 72.9 Å². The Balaban J connectivity index is 1.46. The number of pyridine rings is 1. The number of azo groups is 1. The van der Waals surface area contributed by atoms with Gasteiger partial charge in [-0.3, -0.25) is 4.90 Å². The van der Waals surface area contributed by atoms with E-state index >= 15 is 0 Å². The topological polar surface area (TPSA) is 78.7 Å². The van der Waals surface area contributed by atoms with Crippen molar-refractivity contribution in [1.29, 1.82) is 0 Å². The molecule has 51 heavy (non-hydrogen) atoms. The maximum absolute atomic E-state index is 6.25. The summed E-state index contributed by atoms with van der Waals surface area (Å²) < 4.78 is 2.12. The second kappa shape index (κ2) is 14.1. The van der Waals surface area contributed by atoms with Crippen LogP contribution in [0.4, 0.5) is 39.0 Å². The Bertz CT molecular complexity index is 2360. The Kier molecular flexibility index (Phi) is 9.63. The number of nitrogens with zero attached hydrogens (tertiary/aromatic N) is 6. The van der Waals surface area contributed by atoms with Crippen molar-refractivity contribution in [2.45, 2.75) is 67.2 Å². The van der Waals surface area contributed by atoms with Crippen molar-refractivity contribution < 1.29 is 0 Å². The number of anilines is 5. The second-order valence-corrected chi connectivity index (χ2v) is 16.1. The smallest absolute Gasteiger partial charge is 0.231 e. The summed E-state index contributed by atoms with van der Waals surface area (Å²) in [4.78, 5) is 17.5. The minimum atomic E-state index is 0.284. The molecule has 3 aromatic heterocycles. The molecule has 0 aliphatic carbocycles. The molecule has 0 amide bonds. The zero-order valence-corrected chi connectivity index (χ0v) is 32.4. The fraction of sp³-hybridized carbons (Fsp3) is 0.244. The van der Waals surface area contributed by atoms with Crippen LogP contribution < -0.4 is 10.2 Å². The van der Waals surface area contributed by atoms with E-state index < -0.39 is 0 Å². The predicted octanol–water partition coefficient (Wildman–Crippen LogP) is 14.1. The highest BCUT2D eigenvalue weighted by Crippen LogP contribution is 2.45. The standard InChI is InChI=1S/C41H40ClN7S2/c1-22(2)29-12-11-13-30(23(3)4)37(29)46-39-36(47-48-40-43-32-21-28(42)16-17-34(32)50-40)25(6)20-35(45-39)49(38-26(7)18-24(5)19-27(38)8)41-44-31-14-9-10-15-33(31)51-41/h9-23H,1-8H3,(H,45,46). The SMILES string of the molecule is Cc1cc(C)c(N(c2cc(C)c(N=Nc3nc4cc(Cl)ccc4s3)c(Nc3c(C(C)C)cccc3C(C)C)n2)c2nc3ccccc3s2)c(C)c1. The van der Waals surface area contributed by atoms with Gasteiger partial charge in [0.15, 0.2) is 10.9 Å². The van der Waals surface area contributed by atoms with Gasteiger partial charge in [-0.05, 0) is 104 Å². The van der Waals surface area contributed by atoms with E-state index in [9.17, 15) is 0 Å². The molecule has 0 bridgehead atoms. The monoisotopic (exact) mass is 729 g/mol. The lowest BCUT2D eigenvalue weighted by Gasteiger charge is -2.27. The molecule has 7 aromatic rings. The molecule has 0 aliphatic heterocycles. The summed E-state index contributed by atoms with van der Waals surface area (Å²) in [6, 6.07) is 27.0. The van der Waals surface area contributed by atoms with E-state index in [1.807, 2.05) is 24.3 Å². The quantitative estimate of drug-likeness (QED) is 0.150. The number of benzene rings is 4. The van der Waals surface area contributed by atoms with Gasteiger partial charge in [-0.1, -0.05) is 110 Å². The molecule has 0 saturated carbocycles. The Labute approximate surface area is 312 Å². The van der Waals surface area contributed by atoms with E-state index in [1.54, 1.807) is 11.3 Å². The molecule has 7 rings (SSSR count). The van der Waals surface area contributed by atoms with E-state index in [1.165, 1.54) is 28.0 Å². The fourth-order valence-electron chi connectivity index (χ4n) is 6.60. The van der Waals surface area contributed by atoms with Gasteiger partial charge in [0.2, 0.25) is 5.13 Å². The summed E-state index contributed by atoms with van der Waals surface area (Å²) in [7, 11) is 0. The molecule has 0 fully saturated rings. The Morgan fingerprint density at radius 2 is 1.37 bits per heavy atom. The summed E-state index contributed by atoms with van der Waals surface area (Å²) in [6.45, 7) is 17.4. The average Bonchev–Trinajstić information content (AvgIpc) is 3.69. The lowest BCUT2D eigenvalue weighted by Crippen LogP contribution is -2.15. The van der Waals surface area contributed by atoms with Crippen LogP contribution in [0.3, 0.4) is 0 Å². The molecule has 4 aromatic carbocycles. The Morgan fingerprint density at radius 3 is 2.06 bits per heavy atom. The summed E-state index contributed by atoms with van der Waals surface area (Å²) in [5.74, 6) is 1.92.